The summed E-state index contributed by atoms with van der Waals surface area (Å²) in [6.07, 6.45) is 6.21. The molecule has 170 valence electrons. The molecule has 0 radical (unpaired) electrons. The largest absolute Gasteiger partial charge is 0.509 e. The van der Waals surface area contributed by atoms with E-state index in [1.54, 1.807) is 42.5 Å². The molecule has 0 bridgehead atoms. The number of ether oxygens (including phenoxy) is 4. The van der Waals surface area contributed by atoms with Gasteiger partial charge in [-0.1, -0.05) is 38.0 Å². The van der Waals surface area contributed by atoms with E-state index in [9.17, 15) is 9.59 Å². The molecule has 0 saturated heterocycles. The third kappa shape index (κ3) is 6.66. The Morgan fingerprint density at radius 2 is 1.97 bits per heavy atom. The van der Waals surface area contributed by atoms with E-state index in [1.807, 2.05) is 6.08 Å². The Balaban J connectivity index is 1.56. The van der Waals surface area contributed by atoms with Crippen molar-refractivity contribution in [1.82, 2.24) is 0 Å². The van der Waals surface area contributed by atoms with Crippen LogP contribution in [0, 0.1) is 0 Å². The molecular weight excluding hydrogens is 414 g/mol. The van der Waals surface area contributed by atoms with E-state index < -0.39 is 12.4 Å². The van der Waals surface area contributed by atoms with Gasteiger partial charge in [-0.15, -0.1) is 0 Å². The average Bonchev–Trinajstić information content (AvgIpc) is 2.79. The number of rotatable bonds is 10. The van der Waals surface area contributed by atoms with Crippen molar-refractivity contribution in [2.75, 3.05) is 18.5 Å². The first-order valence-electron chi connectivity index (χ1n) is 10.6. The number of anilines is 1. The lowest BCUT2D eigenvalue weighted by molar-refractivity contribution is -0.0890. The predicted octanol–water partition coefficient (Wildman–Crippen LogP) is 5.25. The van der Waals surface area contributed by atoms with Gasteiger partial charge in [0.05, 0.1) is 5.69 Å². The number of carboxylic acid groups (broad SMARTS) is 1. The van der Waals surface area contributed by atoms with Crippen LogP contribution in [-0.4, -0.2) is 36.7 Å². The topological polar surface area (TPSA) is 103 Å². The summed E-state index contributed by atoms with van der Waals surface area (Å²) in [6.45, 7) is 2.58. The van der Waals surface area contributed by atoms with E-state index in [2.05, 4.69) is 23.1 Å². The minimum atomic E-state index is -1.47. The van der Waals surface area contributed by atoms with Gasteiger partial charge in [0.1, 0.15) is 12.4 Å². The molecule has 0 aromatic heterocycles. The van der Waals surface area contributed by atoms with E-state index in [0.29, 0.717) is 29.4 Å². The summed E-state index contributed by atoms with van der Waals surface area (Å²) in [5.74, 6) is 0.913. The summed E-state index contributed by atoms with van der Waals surface area (Å²) < 4.78 is 21.3. The molecule has 1 amide bonds. The molecule has 2 aromatic carbocycles. The molecule has 2 aromatic rings. The number of carbonyl (C=O) groups excluding carboxylic acids is 1. The van der Waals surface area contributed by atoms with Crippen LogP contribution < -0.4 is 19.5 Å². The van der Waals surface area contributed by atoms with E-state index in [-0.39, 0.29) is 18.3 Å². The maximum atomic E-state index is 12.7. The number of hydrogen-bond donors (Lipinski definition) is 2. The highest BCUT2D eigenvalue weighted by atomic mass is 16.8. The van der Waals surface area contributed by atoms with Gasteiger partial charge in [-0.05, 0) is 49.2 Å². The van der Waals surface area contributed by atoms with Crippen LogP contribution in [0.4, 0.5) is 10.5 Å². The highest BCUT2D eigenvalue weighted by molar-refractivity contribution is 6.05. The van der Waals surface area contributed by atoms with Gasteiger partial charge in [0.2, 0.25) is 0 Å². The monoisotopic (exact) mass is 441 g/mol. The minimum absolute atomic E-state index is 0.0773. The average molecular weight is 441 g/mol. The third-order valence-corrected chi connectivity index (χ3v) is 4.69. The molecular formula is C24H27NO7. The molecule has 0 aliphatic carbocycles. The Morgan fingerprint density at radius 3 is 2.72 bits per heavy atom. The number of nitrogens with one attached hydrogen (secondary N) is 1. The molecule has 1 aliphatic rings. The summed E-state index contributed by atoms with van der Waals surface area (Å²) in [7, 11) is 0. The van der Waals surface area contributed by atoms with Gasteiger partial charge < -0.3 is 29.4 Å². The molecule has 1 unspecified atom stereocenters. The lowest BCUT2D eigenvalue weighted by Gasteiger charge is -2.26. The number of fused-ring (bicyclic) bond motifs is 1. The van der Waals surface area contributed by atoms with Gasteiger partial charge in [-0.25, -0.2) is 4.79 Å². The van der Waals surface area contributed by atoms with Crippen LogP contribution in [-0.2, 0) is 4.74 Å². The predicted molar refractivity (Wildman–Crippen MR) is 119 cm³/mol. The summed E-state index contributed by atoms with van der Waals surface area (Å²) in [5, 5.41) is 11.5. The number of allylic oxidation sites excluding steroid dienone is 1. The van der Waals surface area contributed by atoms with E-state index in [4.69, 9.17) is 19.3 Å². The summed E-state index contributed by atoms with van der Waals surface area (Å²) >= 11 is 0. The zero-order valence-electron chi connectivity index (χ0n) is 17.9. The van der Waals surface area contributed by atoms with Crippen LogP contribution in [0.25, 0.3) is 0 Å². The molecule has 3 rings (SSSR count). The molecule has 0 fully saturated rings. The molecule has 8 nitrogen and oxygen atoms in total. The first-order chi connectivity index (χ1) is 15.6. The molecule has 2 N–H and O–H groups in total. The zero-order chi connectivity index (χ0) is 22.8. The zero-order valence-corrected chi connectivity index (χ0v) is 17.9. The Labute approximate surface area is 186 Å². The van der Waals surface area contributed by atoms with Crippen LogP contribution in [0.5, 0.6) is 17.2 Å². The van der Waals surface area contributed by atoms with Gasteiger partial charge in [0, 0.05) is 5.56 Å². The maximum absolute atomic E-state index is 12.7. The number of unbranched alkanes of at least 4 members (excludes halogenated alkanes) is 3. The molecule has 1 heterocycles. The maximum Gasteiger partial charge on any atom is 0.509 e. The fourth-order valence-electron chi connectivity index (χ4n) is 3.08. The third-order valence-electron chi connectivity index (χ3n) is 4.69. The van der Waals surface area contributed by atoms with Crippen molar-refractivity contribution < 1.29 is 33.6 Å². The Morgan fingerprint density at radius 1 is 1.16 bits per heavy atom. The molecule has 1 atom stereocenters. The second-order valence-electron chi connectivity index (χ2n) is 7.13. The van der Waals surface area contributed by atoms with Gasteiger partial charge >= 0.3 is 6.16 Å². The highest BCUT2D eigenvalue weighted by Crippen LogP contribution is 2.39. The normalized spacial score (nSPS) is 14.7. The molecule has 0 spiro atoms. The standard InChI is InChI=1S/C24H27NO7/c1-2-3-4-5-6-7-15-29-18-13-11-17(12-14-18)23(26)25-19-9-8-10-20-22(19)31-21(16-30-20)32-24(27)28/h6-14,21H,2-5,15-16H2,1H3,(H,25,26)(H,27,28)/b7-6+. The second kappa shape index (κ2) is 11.6. The highest BCUT2D eigenvalue weighted by Gasteiger charge is 2.27. The Bertz CT molecular complexity index is 940. The first kappa shape index (κ1) is 23.0. The number of amides is 1. The van der Waals surface area contributed by atoms with Gasteiger partial charge in [-0.3, -0.25) is 4.79 Å². The van der Waals surface area contributed by atoms with E-state index in [1.165, 1.54) is 19.3 Å². The van der Waals surface area contributed by atoms with Crippen molar-refractivity contribution >= 4 is 17.7 Å². The van der Waals surface area contributed by atoms with Gasteiger partial charge in [0.15, 0.2) is 18.1 Å². The summed E-state index contributed by atoms with van der Waals surface area (Å²) in [6, 6.07) is 11.8. The number of para-hydroxylation sites is 1. The van der Waals surface area contributed by atoms with Crippen LogP contribution >= 0.6 is 0 Å². The van der Waals surface area contributed by atoms with Crippen molar-refractivity contribution in [3.05, 3.63) is 60.2 Å². The van der Waals surface area contributed by atoms with Crippen LogP contribution in [0.15, 0.2) is 54.6 Å². The van der Waals surface area contributed by atoms with Crippen molar-refractivity contribution in [2.24, 2.45) is 0 Å². The number of benzene rings is 2. The SMILES string of the molecule is CCCCC/C=C/COc1ccc(C(=O)Nc2cccc3c2OC(OC(=O)O)CO3)cc1. The van der Waals surface area contributed by atoms with Crippen molar-refractivity contribution in [1.29, 1.82) is 0 Å². The number of hydrogen-bond acceptors (Lipinski definition) is 6. The fourth-order valence-corrected chi connectivity index (χ4v) is 3.08. The molecule has 0 saturated carbocycles. The minimum Gasteiger partial charge on any atom is -0.490 e. The van der Waals surface area contributed by atoms with E-state index >= 15 is 0 Å². The van der Waals surface area contributed by atoms with Crippen LogP contribution in [0.1, 0.15) is 43.0 Å². The Kier molecular flexibility index (Phi) is 8.36. The van der Waals surface area contributed by atoms with Crippen LogP contribution in [0.3, 0.4) is 0 Å². The van der Waals surface area contributed by atoms with Crippen molar-refractivity contribution in [3.63, 3.8) is 0 Å². The molecule has 8 heteroatoms. The fraction of sp³-hybridized carbons (Fsp3) is 0.333. The van der Waals surface area contributed by atoms with Crippen molar-refractivity contribution in [2.45, 2.75) is 38.9 Å². The molecule has 32 heavy (non-hydrogen) atoms. The van der Waals surface area contributed by atoms with Crippen LogP contribution in [0.2, 0.25) is 0 Å². The number of carbonyl (C=O) groups is 2. The molecule has 1 aliphatic heterocycles. The smallest absolute Gasteiger partial charge is 0.490 e. The Hall–Kier alpha value is -3.68. The quantitative estimate of drug-likeness (QED) is 0.295. The van der Waals surface area contributed by atoms with Gasteiger partial charge in [-0.2, -0.15) is 0 Å². The van der Waals surface area contributed by atoms with Crippen molar-refractivity contribution in [3.8, 4) is 17.2 Å². The second-order valence-corrected chi connectivity index (χ2v) is 7.13. The van der Waals surface area contributed by atoms with Gasteiger partial charge in [0.25, 0.3) is 12.2 Å². The lowest BCUT2D eigenvalue weighted by atomic mass is 10.2. The first-order valence-corrected chi connectivity index (χ1v) is 10.6. The summed E-state index contributed by atoms with van der Waals surface area (Å²) in [4.78, 5) is 23.4. The van der Waals surface area contributed by atoms with E-state index in [0.717, 1.165) is 6.42 Å². The lowest BCUT2D eigenvalue weighted by Crippen LogP contribution is -2.33. The summed E-state index contributed by atoms with van der Waals surface area (Å²) in [5.41, 5.74) is 0.778.